The highest BCUT2D eigenvalue weighted by atomic mass is 16.4. The Morgan fingerprint density at radius 3 is 2.38 bits per heavy atom. The van der Waals surface area contributed by atoms with Gasteiger partial charge in [-0.15, -0.1) is 0 Å². The zero-order chi connectivity index (χ0) is 14.8. The second-order valence-electron chi connectivity index (χ2n) is 5.38. The van der Waals surface area contributed by atoms with Crippen molar-refractivity contribution >= 4 is 17.8 Å². The van der Waals surface area contributed by atoms with Gasteiger partial charge in [-0.05, 0) is 12.1 Å². The summed E-state index contributed by atoms with van der Waals surface area (Å²) in [7, 11) is 0. The summed E-state index contributed by atoms with van der Waals surface area (Å²) in [5.41, 5.74) is 0. The van der Waals surface area contributed by atoms with Gasteiger partial charge in [-0.25, -0.2) is 9.78 Å². The lowest BCUT2D eigenvalue weighted by atomic mass is 10.0. The molecule has 0 aliphatic carbocycles. The van der Waals surface area contributed by atoms with E-state index in [9.17, 15) is 9.59 Å². The highest BCUT2D eigenvalue weighted by molar-refractivity contribution is 5.80. The molecule has 0 saturated carbocycles. The molecule has 3 rings (SSSR count). The third kappa shape index (κ3) is 2.76. The molecule has 7 nitrogen and oxygen atoms in total. The Hall–Kier alpha value is -2.31. The smallest absolute Gasteiger partial charge is 0.320 e. The molecule has 2 aliphatic heterocycles. The largest absolute Gasteiger partial charge is 0.481 e. The van der Waals surface area contributed by atoms with Gasteiger partial charge in [0.25, 0.3) is 0 Å². The number of aromatic nitrogens is 1. The maximum atomic E-state index is 12.2. The first kappa shape index (κ1) is 13.7. The standard InChI is InChI=1S/C14H18N4O3/c19-13(20)11-9-18(10-11)14(21)17-7-5-16(6-8-17)12-3-1-2-4-15-12/h1-4,11H,5-10H2,(H,19,20). The number of pyridine rings is 1. The number of piperazine rings is 1. The predicted molar refractivity (Wildman–Crippen MR) is 76.1 cm³/mol. The topological polar surface area (TPSA) is 77.0 Å². The van der Waals surface area contributed by atoms with Crippen LogP contribution in [0.15, 0.2) is 24.4 Å². The molecule has 2 amide bonds. The lowest BCUT2D eigenvalue weighted by Gasteiger charge is -2.42. The molecule has 1 aromatic heterocycles. The Kier molecular flexibility index (Phi) is 3.64. The number of anilines is 1. The fraction of sp³-hybridized carbons (Fsp3) is 0.500. The summed E-state index contributed by atoms with van der Waals surface area (Å²) in [6.45, 7) is 3.44. The molecule has 112 valence electrons. The number of amides is 2. The number of hydrogen-bond acceptors (Lipinski definition) is 4. The van der Waals surface area contributed by atoms with E-state index in [0.29, 0.717) is 26.2 Å². The van der Waals surface area contributed by atoms with Crippen molar-refractivity contribution in [2.45, 2.75) is 0 Å². The molecular formula is C14H18N4O3. The van der Waals surface area contributed by atoms with Gasteiger partial charge in [0.2, 0.25) is 0 Å². The van der Waals surface area contributed by atoms with E-state index < -0.39 is 11.9 Å². The van der Waals surface area contributed by atoms with Crippen LogP contribution < -0.4 is 4.90 Å². The summed E-state index contributed by atoms with van der Waals surface area (Å²) in [6, 6.07) is 5.75. The number of carbonyl (C=O) groups excluding carboxylic acids is 1. The molecular weight excluding hydrogens is 272 g/mol. The van der Waals surface area contributed by atoms with Crippen molar-refractivity contribution in [2.75, 3.05) is 44.2 Å². The van der Waals surface area contributed by atoms with E-state index in [2.05, 4.69) is 9.88 Å². The van der Waals surface area contributed by atoms with Gasteiger partial charge in [0, 0.05) is 45.5 Å². The fourth-order valence-corrected chi connectivity index (χ4v) is 2.66. The number of rotatable bonds is 2. The minimum atomic E-state index is -0.820. The fourth-order valence-electron chi connectivity index (χ4n) is 2.66. The molecule has 0 atom stereocenters. The Morgan fingerprint density at radius 1 is 1.10 bits per heavy atom. The van der Waals surface area contributed by atoms with Gasteiger partial charge in [-0.3, -0.25) is 4.79 Å². The molecule has 0 bridgehead atoms. The summed E-state index contributed by atoms with van der Waals surface area (Å²) in [5, 5.41) is 8.84. The van der Waals surface area contributed by atoms with Crippen LogP contribution in [0.2, 0.25) is 0 Å². The van der Waals surface area contributed by atoms with Gasteiger partial charge < -0.3 is 19.8 Å². The molecule has 7 heteroatoms. The van der Waals surface area contributed by atoms with E-state index in [1.54, 1.807) is 16.0 Å². The third-order valence-corrected chi connectivity index (χ3v) is 4.02. The molecule has 0 radical (unpaired) electrons. The molecule has 21 heavy (non-hydrogen) atoms. The van der Waals surface area contributed by atoms with Crippen molar-refractivity contribution < 1.29 is 14.7 Å². The first-order valence-corrected chi connectivity index (χ1v) is 7.08. The summed E-state index contributed by atoms with van der Waals surface area (Å²) < 4.78 is 0. The van der Waals surface area contributed by atoms with Crippen molar-refractivity contribution in [1.82, 2.24) is 14.8 Å². The van der Waals surface area contributed by atoms with Gasteiger partial charge in [0.05, 0.1) is 5.92 Å². The number of carbonyl (C=O) groups is 2. The first-order chi connectivity index (χ1) is 10.1. The SMILES string of the molecule is O=C(O)C1CN(C(=O)N2CCN(c3ccccn3)CC2)C1. The molecule has 0 aromatic carbocycles. The van der Waals surface area contributed by atoms with Crippen LogP contribution in [0.3, 0.4) is 0 Å². The maximum absolute atomic E-state index is 12.2. The van der Waals surface area contributed by atoms with E-state index in [-0.39, 0.29) is 6.03 Å². The number of urea groups is 1. The highest BCUT2D eigenvalue weighted by Crippen LogP contribution is 2.19. The van der Waals surface area contributed by atoms with Crippen molar-refractivity contribution in [3.8, 4) is 0 Å². The third-order valence-electron chi connectivity index (χ3n) is 4.02. The van der Waals surface area contributed by atoms with E-state index in [1.807, 2.05) is 18.2 Å². The van der Waals surface area contributed by atoms with Crippen LogP contribution >= 0.6 is 0 Å². The number of hydrogen-bond donors (Lipinski definition) is 1. The van der Waals surface area contributed by atoms with Crippen molar-refractivity contribution in [1.29, 1.82) is 0 Å². The van der Waals surface area contributed by atoms with Crippen molar-refractivity contribution in [3.63, 3.8) is 0 Å². The number of carboxylic acids is 1. The first-order valence-electron chi connectivity index (χ1n) is 7.08. The van der Waals surface area contributed by atoms with Crippen LogP contribution in [0.25, 0.3) is 0 Å². The Morgan fingerprint density at radius 2 is 1.81 bits per heavy atom. The quantitative estimate of drug-likeness (QED) is 0.850. The van der Waals surface area contributed by atoms with Gasteiger partial charge in [-0.2, -0.15) is 0 Å². The van der Waals surface area contributed by atoms with E-state index >= 15 is 0 Å². The number of aliphatic carboxylic acids is 1. The van der Waals surface area contributed by atoms with Crippen molar-refractivity contribution in [2.24, 2.45) is 5.92 Å². The lowest BCUT2D eigenvalue weighted by Crippen LogP contribution is -2.60. The van der Waals surface area contributed by atoms with Crippen LogP contribution in [-0.2, 0) is 4.79 Å². The van der Waals surface area contributed by atoms with Gasteiger partial charge >= 0.3 is 12.0 Å². The van der Waals surface area contributed by atoms with E-state index in [0.717, 1.165) is 18.9 Å². The average Bonchev–Trinajstić information content (AvgIpc) is 2.46. The molecule has 0 unspecified atom stereocenters. The number of likely N-dealkylation sites (tertiary alicyclic amines) is 1. The average molecular weight is 290 g/mol. The monoisotopic (exact) mass is 290 g/mol. The zero-order valence-electron chi connectivity index (χ0n) is 11.7. The molecule has 2 saturated heterocycles. The zero-order valence-corrected chi connectivity index (χ0v) is 11.7. The normalized spacial score (nSPS) is 19.3. The van der Waals surface area contributed by atoms with Gasteiger partial charge in [0.15, 0.2) is 0 Å². The second-order valence-corrected chi connectivity index (χ2v) is 5.38. The van der Waals surface area contributed by atoms with Crippen LogP contribution in [-0.4, -0.2) is 71.2 Å². The van der Waals surface area contributed by atoms with Crippen molar-refractivity contribution in [3.05, 3.63) is 24.4 Å². The lowest BCUT2D eigenvalue weighted by molar-refractivity contribution is -0.146. The van der Waals surface area contributed by atoms with Crippen LogP contribution in [0.5, 0.6) is 0 Å². The second kappa shape index (κ2) is 5.59. The molecule has 1 N–H and O–H groups in total. The van der Waals surface area contributed by atoms with Crippen LogP contribution in [0.1, 0.15) is 0 Å². The summed E-state index contributed by atoms with van der Waals surface area (Å²) in [6.07, 6.45) is 1.76. The summed E-state index contributed by atoms with van der Waals surface area (Å²) in [5.74, 6) is -0.290. The Labute approximate surface area is 122 Å². The minimum Gasteiger partial charge on any atom is -0.481 e. The molecule has 1 aromatic rings. The Balaban J connectivity index is 1.50. The summed E-state index contributed by atoms with van der Waals surface area (Å²) in [4.78, 5) is 32.8. The summed E-state index contributed by atoms with van der Waals surface area (Å²) >= 11 is 0. The van der Waals surface area contributed by atoms with Crippen LogP contribution in [0.4, 0.5) is 10.6 Å². The minimum absolute atomic E-state index is 0.0480. The van der Waals surface area contributed by atoms with Gasteiger partial charge in [-0.1, -0.05) is 6.07 Å². The maximum Gasteiger partial charge on any atom is 0.320 e. The molecule has 2 fully saturated rings. The number of nitrogens with zero attached hydrogens (tertiary/aromatic N) is 4. The highest BCUT2D eigenvalue weighted by Gasteiger charge is 2.38. The van der Waals surface area contributed by atoms with Gasteiger partial charge in [0.1, 0.15) is 5.82 Å². The molecule has 3 heterocycles. The predicted octanol–water partition coefficient (Wildman–Crippen LogP) is 0.340. The molecule has 2 aliphatic rings. The Bertz CT molecular complexity index is 522. The van der Waals surface area contributed by atoms with E-state index in [1.165, 1.54) is 0 Å². The number of carboxylic acid groups (broad SMARTS) is 1. The molecule has 0 spiro atoms. The van der Waals surface area contributed by atoms with E-state index in [4.69, 9.17) is 5.11 Å². The van der Waals surface area contributed by atoms with Crippen LogP contribution in [0, 0.1) is 5.92 Å².